The van der Waals surface area contributed by atoms with Gasteiger partial charge < -0.3 is 14.8 Å². The van der Waals surface area contributed by atoms with E-state index in [9.17, 15) is 9.59 Å². The first-order valence-electron chi connectivity index (χ1n) is 8.20. The number of nitrogens with zero attached hydrogens (tertiary/aromatic N) is 2. The van der Waals surface area contributed by atoms with Crippen LogP contribution in [0.2, 0.25) is 0 Å². The van der Waals surface area contributed by atoms with Crippen molar-refractivity contribution in [3.8, 4) is 11.5 Å². The molecule has 7 heteroatoms. The van der Waals surface area contributed by atoms with E-state index in [2.05, 4.69) is 10.3 Å². The number of hydrogen-bond acceptors (Lipinski definition) is 5. The van der Waals surface area contributed by atoms with Crippen molar-refractivity contribution < 1.29 is 14.3 Å². The van der Waals surface area contributed by atoms with Crippen LogP contribution in [0.25, 0.3) is 0 Å². The van der Waals surface area contributed by atoms with E-state index in [1.54, 1.807) is 32.9 Å². The predicted molar refractivity (Wildman–Crippen MR) is 91.9 cm³/mol. The second-order valence-electron chi connectivity index (χ2n) is 6.05. The smallest absolute Gasteiger partial charge is 0.265 e. The van der Waals surface area contributed by atoms with Crippen molar-refractivity contribution >= 4 is 5.91 Å². The molecule has 3 rings (SSSR count). The number of benzene rings is 1. The van der Waals surface area contributed by atoms with Crippen molar-refractivity contribution in [2.45, 2.75) is 39.5 Å². The lowest BCUT2D eigenvalue weighted by Gasteiger charge is -2.31. The predicted octanol–water partition coefficient (Wildman–Crippen LogP) is 1.20. The van der Waals surface area contributed by atoms with E-state index >= 15 is 0 Å². The second-order valence-corrected chi connectivity index (χ2v) is 6.05. The fourth-order valence-electron chi connectivity index (χ4n) is 2.64. The summed E-state index contributed by atoms with van der Waals surface area (Å²) in [5, 5.41) is 2.79. The first-order valence-corrected chi connectivity index (χ1v) is 8.20. The molecular weight excluding hydrogens is 322 g/mol. The molecule has 0 radical (unpaired) electrons. The summed E-state index contributed by atoms with van der Waals surface area (Å²) >= 11 is 0. The molecule has 132 valence electrons. The molecule has 0 saturated carbocycles. The summed E-state index contributed by atoms with van der Waals surface area (Å²) in [6.45, 7) is 5.97. The molecular formula is C18H21N3O4. The fraction of sp³-hybridized carbons (Fsp3) is 0.389. The number of rotatable bonds is 4. The molecule has 25 heavy (non-hydrogen) atoms. The van der Waals surface area contributed by atoms with E-state index in [0.29, 0.717) is 35.8 Å². The van der Waals surface area contributed by atoms with Crippen LogP contribution in [0.1, 0.15) is 18.2 Å². The number of carbonyl (C=O) groups is 1. The van der Waals surface area contributed by atoms with Crippen molar-refractivity contribution in [1.82, 2.24) is 14.9 Å². The lowest BCUT2D eigenvalue weighted by atomic mass is 10.1. The van der Waals surface area contributed by atoms with Gasteiger partial charge >= 0.3 is 0 Å². The zero-order valence-electron chi connectivity index (χ0n) is 14.5. The molecule has 2 unspecified atom stereocenters. The molecule has 0 spiro atoms. The molecule has 1 aromatic carbocycles. The van der Waals surface area contributed by atoms with Gasteiger partial charge in [0.25, 0.3) is 11.5 Å². The van der Waals surface area contributed by atoms with Gasteiger partial charge in [0.2, 0.25) is 6.10 Å². The van der Waals surface area contributed by atoms with Crippen LogP contribution in [-0.4, -0.2) is 34.2 Å². The number of ether oxygens (including phenoxy) is 2. The Labute approximate surface area is 145 Å². The third-order valence-electron chi connectivity index (χ3n) is 4.27. The normalized spacial score (nSPS) is 18.7. The van der Waals surface area contributed by atoms with E-state index < -0.39 is 12.2 Å². The lowest BCUT2D eigenvalue weighted by molar-refractivity contribution is -0.133. The minimum absolute atomic E-state index is 0.0960. The lowest BCUT2D eigenvalue weighted by Crippen LogP contribution is -2.49. The number of aryl methyl sites for hydroxylation is 1. The van der Waals surface area contributed by atoms with E-state index in [4.69, 9.17) is 9.47 Å². The van der Waals surface area contributed by atoms with Crippen LogP contribution in [0.4, 0.5) is 0 Å². The molecule has 1 N–H and O–H groups in total. The highest BCUT2D eigenvalue weighted by atomic mass is 16.6. The minimum Gasteiger partial charge on any atom is -0.482 e. The molecule has 0 saturated heterocycles. The summed E-state index contributed by atoms with van der Waals surface area (Å²) in [7, 11) is 0. The van der Waals surface area contributed by atoms with Gasteiger partial charge in [0.1, 0.15) is 6.10 Å². The monoisotopic (exact) mass is 343 g/mol. The Bertz CT molecular complexity index is 846. The Morgan fingerprint density at radius 1 is 1.24 bits per heavy atom. The van der Waals surface area contributed by atoms with Crippen molar-refractivity contribution in [2.75, 3.05) is 6.54 Å². The molecule has 2 atom stereocenters. The van der Waals surface area contributed by atoms with E-state index in [1.807, 2.05) is 12.1 Å². The van der Waals surface area contributed by atoms with Gasteiger partial charge in [-0.15, -0.1) is 0 Å². The van der Waals surface area contributed by atoms with E-state index in [-0.39, 0.29) is 11.5 Å². The number of fused-ring (bicyclic) bond motifs is 1. The van der Waals surface area contributed by atoms with Crippen LogP contribution in [0.15, 0.2) is 35.4 Å². The van der Waals surface area contributed by atoms with E-state index in [1.165, 1.54) is 10.9 Å². The first-order chi connectivity index (χ1) is 12.0. The highest BCUT2D eigenvalue weighted by Gasteiger charge is 2.33. The van der Waals surface area contributed by atoms with Crippen molar-refractivity contribution in [3.63, 3.8) is 0 Å². The van der Waals surface area contributed by atoms with Crippen molar-refractivity contribution in [3.05, 3.63) is 52.2 Å². The van der Waals surface area contributed by atoms with Gasteiger partial charge in [-0.05, 0) is 32.9 Å². The van der Waals surface area contributed by atoms with Gasteiger partial charge in [0.15, 0.2) is 11.5 Å². The first kappa shape index (κ1) is 17.0. The third-order valence-corrected chi connectivity index (χ3v) is 4.27. The van der Waals surface area contributed by atoms with Crippen LogP contribution in [0.3, 0.4) is 0 Å². The summed E-state index contributed by atoms with van der Waals surface area (Å²) in [5.74, 6) is 0.911. The molecule has 1 amide bonds. The van der Waals surface area contributed by atoms with Crippen molar-refractivity contribution in [1.29, 1.82) is 0 Å². The van der Waals surface area contributed by atoms with Crippen molar-refractivity contribution in [2.24, 2.45) is 0 Å². The van der Waals surface area contributed by atoms with Gasteiger partial charge in [-0.1, -0.05) is 12.1 Å². The van der Waals surface area contributed by atoms with Crippen LogP contribution >= 0.6 is 0 Å². The highest BCUT2D eigenvalue weighted by Crippen LogP contribution is 2.33. The number of carbonyl (C=O) groups excluding carboxylic acids is 1. The SMILES string of the molecule is Cc1ncn(CCNC(=O)C2Oc3ccccc3OC2C)c(=O)c1C. The van der Waals surface area contributed by atoms with Gasteiger partial charge in [0, 0.05) is 24.3 Å². The van der Waals surface area contributed by atoms with Gasteiger partial charge in [0.05, 0.1) is 6.33 Å². The standard InChI is InChI=1S/C18H21N3O4/c1-11-12(2)20-10-21(18(11)23)9-8-19-17(22)16-13(3)24-14-6-4-5-7-15(14)25-16/h4-7,10,13,16H,8-9H2,1-3H3,(H,19,22). The molecule has 1 aliphatic rings. The summed E-state index contributed by atoms with van der Waals surface area (Å²) in [4.78, 5) is 28.7. The van der Waals surface area contributed by atoms with Crippen LogP contribution in [0.5, 0.6) is 11.5 Å². The quantitative estimate of drug-likeness (QED) is 0.902. The van der Waals surface area contributed by atoms with Gasteiger partial charge in [-0.2, -0.15) is 0 Å². The number of hydrogen-bond donors (Lipinski definition) is 1. The molecule has 0 bridgehead atoms. The number of nitrogens with one attached hydrogen (secondary N) is 1. The van der Waals surface area contributed by atoms with Crippen LogP contribution in [0, 0.1) is 13.8 Å². The Kier molecular flexibility index (Phi) is 4.74. The second kappa shape index (κ2) is 6.96. The molecule has 2 heterocycles. The number of para-hydroxylation sites is 2. The molecule has 7 nitrogen and oxygen atoms in total. The third kappa shape index (κ3) is 3.50. The van der Waals surface area contributed by atoms with E-state index in [0.717, 1.165) is 0 Å². The Balaban J connectivity index is 1.60. The zero-order valence-corrected chi connectivity index (χ0v) is 14.5. The number of amides is 1. The summed E-state index contributed by atoms with van der Waals surface area (Å²) in [6, 6.07) is 7.25. The summed E-state index contributed by atoms with van der Waals surface area (Å²) in [5.41, 5.74) is 1.23. The topological polar surface area (TPSA) is 82.5 Å². The molecule has 2 aromatic rings. The fourth-order valence-corrected chi connectivity index (χ4v) is 2.64. The summed E-state index contributed by atoms with van der Waals surface area (Å²) in [6.07, 6.45) is 0.362. The van der Waals surface area contributed by atoms with Gasteiger partial charge in [-0.3, -0.25) is 14.2 Å². The Morgan fingerprint density at radius 3 is 2.64 bits per heavy atom. The maximum Gasteiger partial charge on any atom is 0.265 e. The maximum atomic E-state index is 12.4. The molecule has 0 fully saturated rings. The molecule has 1 aliphatic heterocycles. The summed E-state index contributed by atoms with van der Waals surface area (Å²) < 4.78 is 13.0. The molecule has 0 aliphatic carbocycles. The Hall–Kier alpha value is -2.83. The maximum absolute atomic E-state index is 12.4. The minimum atomic E-state index is -0.732. The average Bonchev–Trinajstić information content (AvgIpc) is 2.61. The van der Waals surface area contributed by atoms with Crippen LogP contribution in [-0.2, 0) is 11.3 Å². The highest BCUT2D eigenvalue weighted by molar-refractivity contribution is 5.82. The van der Waals surface area contributed by atoms with Gasteiger partial charge in [-0.25, -0.2) is 4.98 Å². The Morgan fingerprint density at radius 2 is 1.92 bits per heavy atom. The zero-order chi connectivity index (χ0) is 18.0. The average molecular weight is 343 g/mol. The van der Waals surface area contributed by atoms with Crippen LogP contribution < -0.4 is 20.3 Å². The largest absolute Gasteiger partial charge is 0.482 e. The number of aromatic nitrogens is 2. The molecule has 1 aromatic heterocycles.